The first-order valence-electron chi connectivity index (χ1n) is 6.99. The zero-order valence-corrected chi connectivity index (χ0v) is 12.1. The molecule has 2 N–H and O–H groups in total. The highest BCUT2D eigenvalue weighted by Crippen LogP contribution is 2.41. The summed E-state index contributed by atoms with van der Waals surface area (Å²) in [5, 5.41) is 0. The van der Waals surface area contributed by atoms with Crippen molar-refractivity contribution in [3.8, 4) is 5.75 Å². The summed E-state index contributed by atoms with van der Waals surface area (Å²) in [5.41, 5.74) is 7.99. The third-order valence-corrected chi connectivity index (χ3v) is 3.80. The lowest BCUT2D eigenvalue weighted by atomic mass is 9.93. The number of hydrogen-bond acceptors (Lipinski definition) is 4. The lowest BCUT2D eigenvalue weighted by Gasteiger charge is -2.30. The number of hydrogen-bond donors (Lipinski definition) is 1. The quantitative estimate of drug-likeness (QED) is 0.866. The second-order valence-electron chi connectivity index (χ2n) is 5.22. The summed E-state index contributed by atoms with van der Waals surface area (Å²) in [6.07, 6.45) is 0.116. The summed E-state index contributed by atoms with van der Waals surface area (Å²) in [6.45, 7) is 0. The van der Waals surface area contributed by atoms with Crippen molar-refractivity contribution in [2.45, 2.75) is 18.6 Å². The molecule has 22 heavy (non-hydrogen) atoms. The maximum Gasteiger partial charge on any atom is 0.337 e. The summed E-state index contributed by atoms with van der Waals surface area (Å²) in [5.74, 6) is -0.662. The Morgan fingerprint density at radius 2 is 2.09 bits per heavy atom. The van der Waals surface area contributed by atoms with Gasteiger partial charge in [0.1, 0.15) is 6.10 Å². The first-order valence-corrected chi connectivity index (χ1v) is 6.99. The maximum absolute atomic E-state index is 13.9. The van der Waals surface area contributed by atoms with Gasteiger partial charge in [-0.25, -0.2) is 9.18 Å². The molecule has 0 amide bonds. The largest absolute Gasteiger partial charge is 0.482 e. The van der Waals surface area contributed by atoms with Gasteiger partial charge < -0.3 is 15.2 Å². The minimum atomic E-state index is -0.429. The van der Waals surface area contributed by atoms with Crippen LogP contribution in [0.15, 0.2) is 42.5 Å². The van der Waals surface area contributed by atoms with Gasteiger partial charge in [0, 0.05) is 18.0 Å². The van der Waals surface area contributed by atoms with E-state index in [2.05, 4.69) is 0 Å². The minimum absolute atomic E-state index is 0.190. The van der Waals surface area contributed by atoms with E-state index in [1.165, 1.54) is 13.2 Å². The number of methoxy groups -OCH3 is 1. The van der Waals surface area contributed by atoms with E-state index in [4.69, 9.17) is 15.2 Å². The van der Waals surface area contributed by atoms with Gasteiger partial charge in [-0.2, -0.15) is 0 Å². The summed E-state index contributed by atoms with van der Waals surface area (Å²) < 4.78 is 24.4. The van der Waals surface area contributed by atoms with Crippen LogP contribution in [0.5, 0.6) is 5.75 Å². The van der Waals surface area contributed by atoms with Gasteiger partial charge in [0.2, 0.25) is 0 Å². The van der Waals surface area contributed by atoms with E-state index >= 15 is 0 Å². The van der Waals surface area contributed by atoms with Gasteiger partial charge in [-0.05, 0) is 23.8 Å². The standard InChI is InChI=1S/C17H16FNO3/c1-21-17(20)11-5-2-4-10(8-11)15-9-14(19)12-6-3-7-13(18)16(12)22-15/h2-8,14-15H,9,19H2,1H3/t14-,15-/m1/s1. The molecule has 2 atom stereocenters. The SMILES string of the molecule is COC(=O)c1cccc([C@H]2C[C@@H](N)c3cccc(F)c3O2)c1. The molecule has 0 bridgehead atoms. The molecule has 114 valence electrons. The van der Waals surface area contributed by atoms with Crippen molar-refractivity contribution >= 4 is 5.97 Å². The van der Waals surface area contributed by atoms with Crippen LogP contribution in [0, 0.1) is 5.82 Å². The van der Waals surface area contributed by atoms with Gasteiger partial charge in [-0.3, -0.25) is 0 Å². The van der Waals surface area contributed by atoms with Crippen LogP contribution >= 0.6 is 0 Å². The Labute approximate surface area is 127 Å². The summed E-state index contributed by atoms with van der Waals surface area (Å²) in [7, 11) is 1.33. The number of carbonyl (C=O) groups is 1. The summed E-state index contributed by atoms with van der Waals surface area (Å²) in [6, 6.07) is 11.3. The Morgan fingerprint density at radius 1 is 1.32 bits per heavy atom. The zero-order valence-electron chi connectivity index (χ0n) is 12.1. The van der Waals surface area contributed by atoms with Crippen LogP contribution in [0.4, 0.5) is 4.39 Å². The fourth-order valence-electron chi connectivity index (χ4n) is 2.68. The lowest BCUT2D eigenvalue weighted by Crippen LogP contribution is -2.25. The minimum Gasteiger partial charge on any atom is -0.482 e. The van der Waals surface area contributed by atoms with Gasteiger partial charge in [-0.15, -0.1) is 0 Å². The Kier molecular flexibility index (Phi) is 3.81. The van der Waals surface area contributed by atoms with Crippen molar-refractivity contribution in [2.24, 2.45) is 5.73 Å². The number of benzene rings is 2. The predicted molar refractivity (Wildman–Crippen MR) is 79.1 cm³/mol. The number of fused-ring (bicyclic) bond motifs is 1. The van der Waals surface area contributed by atoms with E-state index in [0.717, 1.165) is 5.56 Å². The smallest absolute Gasteiger partial charge is 0.337 e. The van der Waals surface area contributed by atoms with Gasteiger partial charge in [0.15, 0.2) is 11.6 Å². The second kappa shape index (κ2) is 5.77. The van der Waals surface area contributed by atoms with Crippen LogP contribution < -0.4 is 10.5 Å². The van der Waals surface area contributed by atoms with Crippen LogP contribution in [0.1, 0.15) is 40.1 Å². The molecule has 0 radical (unpaired) electrons. The van der Waals surface area contributed by atoms with Gasteiger partial charge in [0.25, 0.3) is 0 Å². The maximum atomic E-state index is 13.9. The predicted octanol–water partition coefficient (Wildman–Crippen LogP) is 3.14. The van der Waals surface area contributed by atoms with Crippen LogP contribution in [-0.2, 0) is 4.74 Å². The average molecular weight is 301 g/mol. The summed E-state index contributed by atoms with van der Waals surface area (Å²) >= 11 is 0. The van der Waals surface area contributed by atoms with E-state index < -0.39 is 17.9 Å². The second-order valence-corrected chi connectivity index (χ2v) is 5.22. The third-order valence-electron chi connectivity index (χ3n) is 3.80. The molecule has 1 heterocycles. The molecule has 0 saturated carbocycles. The molecule has 0 fully saturated rings. The molecule has 0 saturated heterocycles. The zero-order chi connectivity index (χ0) is 15.7. The van der Waals surface area contributed by atoms with Crippen molar-refractivity contribution in [1.82, 2.24) is 0 Å². The van der Waals surface area contributed by atoms with Crippen LogP contribution in [0.2, 0.25) is 0 Å². The molecule has 0 aromatic heterocycles. The number of esters is 1. The number of halogens is 1. The topological polar surface area (TPSA) is 61.5 Å². The van der Waals surface area contributed by atoms with Crippen LogP contribution in [0.25, 0.3) is 0 Å². The third kappa shape index (κ3) is 2.55. The number of carbonyl (C=O) groups excluding carboxylic acids is 1. The van der Waals surface area contributed by atoms with Crippen molar-refractivity contribution in [3.05, 3.63) is 65.0 Å². The molecule has 0 aliphatic carbocycles. The fourth-order valence-corrected chi connectivity index (χ4v) is 2.68. The van der Waals surface area contributed by atoms with Crippen LogP contribution in [-0.4, -0.2) is 13.1 Å². The Bertz CT molecular complexity index is 717. The highest BCUT2D eigenvalue weighted by atomic mass is 19.1. The van der Waals surface area contributed by atoms with E-state index in [-0.39, 0.29) is 11.8 Å². The molecule has 1 aliphatic rings. The van der Waals surface area contributed by atoms with Crippen molar-refractivity contribution in [1.29, 1.82) is 0 Å². The molecule has 1 aliphatic heterocycles. The molecule has 5 heteroatoms. The molecule has 0 unspecified atom stereocenters. The van der Waals surface area contributed by atoms with Crippen molar-refractivity contribution in [3.63, 3.8) is 0 Å². The van der Waals surface area contributed by atoms with Gasteiger partial charge in [-0.1, -0.05) is 24.3 Å². The first kappa shape index (κ1) is 14.5. The van der Waals surface area contributed by atoms with Gasteiger partial charge in [0.05, 0.1) is 12.7 Å². The van der Waals surface area contributed by atoms with Crippen LogP contribution in [0.3, 0.4) is 0 Å². The van der Waals surface area contributed by atoms with Crippen molar-refractivity contribution in [2.75, 3.05) is 7.11 Å². The monoisotopic (exact) mass is 301 g/mol. The summed E-state index contributed by atoms with van der Waals surface area (Å²) in [4.78, 5) is 11.6. The molecule has 3 rings (SSSR count). The van der Waals surface area contributed by atoms with E-state index in [1.807, 2.05) is 6.07 Å². The average Bonchev–Trinajstić information content (AvgIpc) is 2.55. The van der Waals surface area contributed by atoms with E-state index in [9.17, 15) is 9.18 Å². The lowest BCUT2D eigenvalue weighted by molar-refractivity contribution is 0.0600. The molecule has 2 aromatic carbocycles. The first-order chi connectivity index (χ1) is 10.6. The Balaban J connectivity index is 1.94. The normalized spacial score (nSPS) is 20.0. The molecule has 0 spiro atoms. The molecule has 4 nitrogen and oxygen atoms in total. The number of rotatable bonds is 2. The Hall–Kier alpha value is -2.40. The fraction of sp³-hybridized carbons (Fsp3) is 0.235. The molecular formula is C17H16FNO3. The number of nitrogens with two attached hydrogens (primary N) is 1. The number of ether oxygens (including phenoxy) is 2. The molecular weight excluding hydrogens is 285 g/mol. The molecule has 2 aromatic rings. The van der Waals surface area contributed by atoms with Crippen molar-refractivity contribution < 1.29 is 18.7 Å². The Morgan fingerprint density at radius 3 is 2.86 bits per heavy atom. The van der Waals surface area contributed by atoms with E-state index in [1.54, 1.807) is 30.3 Å². The van der Waals surface area contributed by atoms with Gasteiger partial charge >= 0.3 is 5.97 Å². The highest BCUT2D eigenvalue weighted by Gasteiger charge is 2.29. The number of para-hydroxylation sites is 1. The highest BCUT2D eigenvalue weighted by molar-refractivity contribution is 5.89. The van der Waals surface area contributed by atoms with E-state index in [0.29, 0.717) is 17.5 Å².